The molecule has 1 heterocycles. The van der Waals surface area contributed by atoms with Crippen LogP contribution in [-0.2, 0) is 13.6 Å². The van der Waals surface area contributed by atoms with E-state index < -0.39 is 0 Å². The van der Waals surface area contributed by atoms with Gasteiger partial charge in [0.25, 0.3) is 0 Å². The first-order valence-corrected chi connectivity index (χ1v) is 10.9. The molecule has 0 saturated heterocycles. The molecule has 2 rings (SSSR count). The van der Waals surface area contributed by atoms with Crippen LogP contribution in [0, 0.1) is 13.8 Å². The molecule has 0 saturated carbocycles. The van der Waals surface area contributed by atoms with E-state index in [1.807, 2.05) is 55.5 Å². The Balaban J connectivity index is 0.00000420. The second kappa shape index (κ2) is 13.7. The Labute approximate surface area is 195 Å². The second-order valence-corrected chi connectivity index (χ2v) is 7.66. The predicted molar refractivity (Wildman–Crippen MR) is 133 cm³/mol. The number of nitrogens with one attached hydrogen (secondary N) is 1. The van der Waals surface area contributed by atoms with Crippen LogP contribution in [0.15, 0.2) is 29.3 Å². The van der Waals surface area contributed by atoms with Gasteiger partial charge in [0, 0.05) is 20.6 Å². The maximum Gasteiger partial charge on any atom is 0.194 e. The van der Waals surface area contributed by atoms with Crippen LogP contribution in [0.3, 0.4) is 0 Å². The molecule has 0 spiro atoms. The molecule has 9 heteroatoms. The summed E-state index contributed by atoms with van der Waals surface area (Å²) in [5, 5.41) is 11.8. The summed E-state index contributed by atoms with van der Waals surface area (Å²) in [6, 6.07) is 8.07. The van der Waals surface area contributed by atoms with Crippen molar-refractivity contribution in [2.45, 2.75) is 26.8 Å². The van der Waals surface area contributed by atoms with Crippen molar-refractivity contribution in [1.82, 2.24) is 25.0 Å². The van der Waals surface area contributed by atoms with Crippen LogP contribution in [0.2, 0.25) is 0 Å². The van der Waals surface area contributed by atoms with Gasteiger partial charge in [0.15, 0.2) is 11.8 Å². The first kappa shape index (κ1) is 25.5. The smallest absolute Gasteiger partial charge is 0.194 e. The molecule has 29 heavy (non-hydrogen) atoms. The maximum absolute atomic E-state index is 5.93. The third-order valence-corrected chi connectivity index (χ3v) is 5.20. The zero-order chi connectivity index (χ0) is 20.4. The molecular formula is C20H33IN6OS. The number of para-hydroxylation sites is 1. The number of benzene rings is 1. The first-order chi connectivity index (χ1) is 13.5. The predicted octanol–water partition coefficient (Wildman–Crippen LogP) is 3.26. The van der Waals surface area contributed by atoms with Crippen LogP contribution in [-0.4, -0.2) is 64.4 Å². The molecule has 0 radical (unpaired) electrons. The highest BCUT2D eigenvalue weighted by Gasteiger charge is 2.09. The largest absolute Gasteiger partial charge is 0.491 e. The third kappa shape index (κ3) is 8.41. The van der Waals surface area contributed by atoms with Crippen LogP contribution >= 0.6 is 35.7 Å². The molecule has 0 atom stereocenters. The summed E-state index contributed by atoms with van der Waals surface area (Å²) in [5.41, 5.74) is 1.15. The Morgan fingerprint density at radius 3 is 2.69 bits per heavy atom. The summed E-state index contributed by atoms with van der Waals surface area (Å²) < 4.78 is 7.90. The Bertz CT molecular complexity index is 767. The molecule has 0 amide bonds. The minimum absolute atomic E-state index is 0. The van der Waals surface area contributed by atoms with Crippen molar-refractivity contribution in [3.05, 3.63) is 41.5 Å². The van der Waals surface area contributed by atoms with Crippen molar-refractivity contribution < 1.29 is 4.74 Å². The van der Waals surface area contributed by atoms with Gasteiger partial charge in [-0.05, 0) is 43.9 Å². The first-order valence-electron chi connectivity index (χ1n) is 9.54. The number of hydrogen-bond donors (Lipinski definition) is 1. The lowest BCUT2D eigenvalue weighted by molar-refractivity contribution is 0.279. The molecule has 0 aliphatic rings. The number of ether oxygens (including phenoxy) is 1. The van der Waals surface area contributed by atoms with Crippen molar-refractivity contribution >= 4 is 41.7 Å². The lowest BCUT2D eigenvalue weighted by Gasteiger charge is -2.23. The maximum atomic E-state index is 5.93. The van der Waals surface area contributed by atoms with Gasteiger partial charge in [-0.15, -0.1) is 34.2 Å². The number of aryl methyl sites for hydroxylation is 2. The summed E-state index contributed by atoms with van der Waals surface area (Å²) in [6.07, 6.45) is 3.22. The van der Waals surface area contributed by atoms with Gasteiger partial charge >= 0.3 is 0 Å². The topological polar surface area (TPSA) is 67.6 Å². The Kier molecular flexibility index (Phi) is 12.1. The normalized spacial score (nSPS) is 11.1. The fourth-order valence-electron chi connectivity index (χ4n) is 2.58. The highest BCUT2D eigenvalue weighted by Crippen LogP contribution is 2.15. The van der Waals surface area contributed by atoms with E-state index in [1.165, 1.54) is 0 Å². The Hall–Kier alpha value is -1.49. The Morgan fingerprint density at radius 2 is 2.03 bits per heavy atom. The molecule has 7 nitrogen and oxygen atoms in total. The van der Waals surface area contributed by atoms with Gasteiger partial charge < -0.3 is 19.5 Å². The van der Waals surface area contributed by atoms with Gasteiger partial charge in [0.05, 0.1) is 6.54 Å². The lowest BCUT2D eigenvalue weighted by atomic mass is 10.2. The zero-order valence-corrected chi connectivity index (χ0v) is 21.2. The van der Waals surface area contributed by atoms with E-state index in [-0.39, 0.29) is 24.0 Å². The average molecular weight is 532 g/mol. The number of rotatable bonds is 10. The number of hydrogen-bond acceptors (Lipinski definition) is 5. The van der Waals surface area contributed by atoms with Crippen molar-refractivity contribution in [1.29, 1.82) is 0 Å². The number of nitrogens with zero attached hydrogens (tertiary/aromatic N) is 5. The van der Waals surface area contributed by atoms with Gasteiger partial charge in [-0.2, -0.15) is 11.8 Å². The fourth-order valence-corrected chi connectivity index (χ4v) is 3.01. The standard InChI is InChI=1S/C20H32N6OS.HI/c1-16-9-6-7-10-18(16)27-13-12-25(3)20(21-11-8-14-28-5)22-15-19-24-23-17(2)26(19)4;/h6-7,9-10H,8,11-15H2,1-5H3,(H,21,22);1H. The summed E-state index contributed by atoms with van der Waals surface area (Å²) in [5.74, 6) is 4.65. The zero-order valence-electron chi connectivity index (χ0n) is 18.0. The van der Waals surface area contributed by atoms with Crippen molar-refractivity contribution in [3.8, 4) is 5.75 Å². The summed E-state index contributed by atoms with van der Waals surface area (Å²) in [4.78, 5) is 6.85. The van der Waals surface area contributed by atoms with Gasteiger partial charge in [-0.25, -0.2) is 4.99 Å². The second-order valence-electron chi connectivity index (χ2n) is 6.67. The summed E-state index contributed by atoms with van der Waals surface area (Å²) in [6.45, 7) is 6.71. The van der Waals surface area contributed by atoms with Crippen LogP contribution in [0.25, 0.3) is 0 Å². The number of guanidine groups is 1. The monoisotopic (exact) mass is 532 g/mol. The van der Waals surface area contributed by atoms with Gasteiger partial charge in [0.1, 0.15) is 24.7 Å². The van der Waals surface area contributed by atoms with Crippen molar-refractivity contribution in [2.24, 2.45) is 12.0 Å². The average Bonchev–Trinajstić information content (AvgIpc) is 3.01. The molecule has 162 valence electrons. The van der Waals surface area contributed by atoms with Gasteiger partial charge in [-0.1, -0.05) is 18.2 Å². The van der Waals surface area contributed by atoms with Crippen LogP contribution in [0.5, 0.6) is 5.75 Å². The molecule has 0 aliphatic carbocycles. The lowest BCUT2D eigenvalue weighted by Crippen LogP contribution is -2.41. The van der Waals surface area contributed by atoms with E-state index >= 15 is 0 Å². The number of aromatic nitrogens is 3. The van der Waals surface area contributed by atoms with E-state index in [9.17, 15) is 0 Å². The van der Waals surface area contributed by atoms with Crippen LogP contribution in [0.1, 0.15) is 23.6 Å². The summed E-state index contributed by atoms with van der Waals surface area (Å²) in [7, 11) is 4.00. The number of halogens is 1. The van der Waals surface area contributed by atoms with E-state index in [2.05, 4.69) is 39.7 Å². The number of aliphatic imine (C=N–C) groups is 1. The molecule has 0 aliphatic heterocycles. The van der Waals surface area contributed by atoms with E-state index in [4.69, 9.17) is 9.73 Å². The van der Waals surface area contributed by atoms with Crippen molar-refractivity contribution in [3.63, 3.8) is 0 Å². The van der Waals surface area contributed by atoms with E-state index in [1.54, 1.807) is 0 Å². The fraction of sp³-hybridized carbons (Fsp3) is 0.550. The molecule has 0 fully saturated rings. The highest BCUT2D eigenvalue weighted by atomic mass is 127. The third-order valence-electron chi connectivity index (χ3n) is 4.50. The quantitative estimate of drug-likeness (QED) is 0.219. The minimum Gasteiger partial charge on any atom is -0.491 e. The van der Waals surface area contributed by atoms with Gasteiger partial charge in [0.2, 0.25) is 0 Å². The minimum atomic E-state index is 0. The highest BCUT2D eigenvalue weighted by molar-refractivity contribution is 14.0. The molecule has 0 bridgehead atoms. The SMILES string of the molecule is CSCCCNC(=NCc1nnc(C)n1C)N(C)CCOc1ccccc1C.I. The molecular weight excluding hydrogens is 499 g/mol. The van der Waals surface area contributed by atoms with E-state index in [0.717, 1.165) is 54.2 Å². The number of thioether (sulfide) groups is 1. The van der Waals surface area contributed by atoms with Gasteiger partial charge in [-0.3, -0.25) is 0 Å². The summed E-state index contributed by atoms with van der Waals surface area (Å²) >= 11 is 1.85. The molecule has 1 aromatic carbocycles. The Morgan fingerprint density at radius 1 is 1.28 bits per heavy atom. The molecule has 2 aromatic rings. The van der Waals surface area contributed by atoms with Crippen LogP contribution < -0.4 is 10.1 Å². The number of likely N-dealkylation sites (N-methyl/N-ethyl adjacent to an activating group) is 1. The molecule has 0 unspecified atom stereocenters. The van der Waals surface area contributed by atoms with Crippen LogP contribution in [0.4, 0.5) is 0 Å². The van der Waals surface area contributed by atoms with Crippen molar-refractivity contribution in [2.75, 3.05) is 38.8 Å². The molecule has 1 aromatic heterocycles. The molecule has 1 N–H and O–H groups in total. The van der Waals surface area contributed by atoms with E-state index in [0.29, 0.717) is 13.2 Å².